The topological polar surface area (TPSA) is 55.8 Å². The van der Waals surface area contributed by atoms with E-state index in [1.165, 1.54) is 0 Å². The Morgan fingerprint density at radius 3 is 2.65 bits per heavy atom. The maximum Gasteiger partial charge on any atom is 0.336 e. The van der Waals surface area contributed by atoms with E-state index < -0.39 is 5.97 Å². The van der Waals surface area contributed by atoms with Crippen molar-refractivity contribution in [3.63, 3.8) is 0 Å². The molecule has 4 heteroatoms. The van der Waals surface area contributed by atoms with Crippen LogP contribution in [0.15, 0.2) is 48.5 Å². The number of ether oxygens (including phenoxy) is 2. The van der Waals surface area contributed by atoms with Gasteiger partial charge >= 0.3 is 5.97 Å². The van der Waals surface area contributed by atoms with Gasteiger partial charge in [-0.15, -0.1) is 0 Å². The van der Waals surface area contributed by atoms with E-state index in [1.807, 2.05) is 31.2 Å². The zero-order valence-corrected chi connectivity index (χ0v) is 13.3. The van der Waals surface area contributed by atoms with Gasteiger partial charge in [0.15, 0.2) is 0 Å². The Labute approximate surface area is 136 Å². The molecular formula is C19H20O4. The molecule has 0 heterocycles. The minimum Gasteiger partial charge on any atom is -0.497 e. The van der Waals surface area contributed by atoms with E-state index in [4.69, 9.17) is 9.47 Å². The highest BCUT2D eigenvalue weighted by Crippen LogP contribution is 2.27. The van der Waals surface area contributed by atoms with Crippen molar-refractivity contribution in [1.29, 1.82) is 0 Å². The van der Waals surface area contributed by atoms with E-state index in [9.17, 15) is 9.90 Å². The summed E-state index contributed by atoms with van der Waals surface area (Å²) in [6.07, 6.45) is 2.52. The van der Waals surface area contributed by atoms with Gasteiger partial charge in [-0.2, -0.15) is 0 Å². The second-order valence-electron chi connectivity index (χ2n) is 4.98. The molecule has 2 aromatic rings. The predicted octanol–water partition coefficient (Wildman–Crippen LogP) is 4.11. The molecule has 0 fully saturated rings. The molecule has 1 N–H and O–H groups in total. The van der Waals surface area contributed by atoms with E-state index in [0.29, 0.717) is 23.7 Å². The Morgan fingerprint density at radius 2 is 1.96 bits per heavy atom. The molecule has 0 atom stereocenters. The molecule has 0 radical (unpaired) electrons. The number of carboxylic acids is 1. The van der Waals surface area contributed by atoms with Crippen molar-refractivity contribution in [3.8, 4) is 11.5 Å². The lowest BCUT2D eigenvalue weighted by Gasteiger charge is -2.10. The summed E-state index contributed by atoms with van der Waals surface area (Å²) in [5, 5.41) is 9.57. The van der Waals surface area contributed by atoms with Gasteiger partial charge in [-0.3, -0.25) is 0 Å². The summed E-state index contributed by atoms with van der Waals surface area (Å²) in [4.78, 5) is 11.7. The van der Waals surface area contributed by atoms with E-state index in [1.54, 1.807) is 37.5 Å². The van der Waals surface area contributed by atoms with Gasteiger partial charge in [0.25, 0.3) is 0 Å². The molecule has 0 bridgehead atoms. The molecule has 0 amide bonds. The number of methoxy groups -OCH3 is 1. The number of para-hydroxylation sites is 1. The van der Waals surface area contributed by atoms with Gasteiger partial charge < -0.3 is 14.6 Å². The van der Waals surface area contributed by atoms with Crippen molar-refractivity contribution >= 4 is 17.6 Å². The number of hydrogen-bond donors (Lipinski definition) is 1. The lowest BCUT2D eigenvalue weighted by molar-refractivity contribution is -0.130. The molecule has 0 aliphatic heterocycles. The summed E-state index contributed by atoms with van der Waals surface area (Å²) < 4.78 is 10.9. The molecule has 120 valence electrons. The third-order valence-corrected chi connectivity index (χ3v) is 3.29. The van der Waals surface area contributed by atoms with Gasteiger partial charge in [-0.25, -0.2) is 4.79 Å². The number of hydrogen-bond acceptors (Lipinski definition) is 3. The van der Waals surface area contributed by atoms with Gasteiger partial charge in [0, 0.05) is 5.56 Å². The van der Waals surface area contributed by atoms with Crippen molar-refractivity contribution in [1.82, 2.24) is 0 Å². The quantitative estimate of drug-likeness (QED) is 0.617. The monoisotopic (exact) mass is 312 g/mol. The predicted molar refractivity (Wildman–Crippen MR) is 90.7 cm³/mol. The zero-order valence-electron chi connectivity index (χ0n) is 13.3. The highest BCUT2D eigenvalue weighted by Gasteiger charge is 2.13. The van der Waals surface area contributed by atoms with Gasteiger partial charge in [-0.05, 0) is 36.3 Å². The fourth-order valence-corrected chi connectivity index (χ4v) is 2.16. The second kappa shape index (κ2) is 8.03. The normalized spacial score (nSPS) is 11.1. The van der Waals surface area contributed by atoms with Gasteiger partial charge in [0.2, 0.25) is 0 Å². The van der Waals surface area contributed by atoms with E-state index in [-0.39, 0.29) is 5.57 Å². The van der Waals surface area contributed by atoms with E-state index in [0.717, 1.165) is 12.0 Å². The van der Waals surface area contributed by atoms with Crippen LogP contribution in [-0.2, 0) is 4.79 Å². The summed E-state index contributed by atoms with van der Waals surface area (Å²) in [5.41, 5.74) is 1.51. The van der Waals surface area contributed by atoms with E-state index >= 15 is 0 Å². The Balaban J connectivity index is 2.45. The van der Waals surface area contributed by atoms with Crippen LogP contribution < -0.4 is 9.47 Å². The molecule has 0 aromatic heterocycles. The average molecular weight is 312 g/mol. The molecule has 0 unspecified atom stereocenters. The first-order valence-electron chi connectivity index (χ1n) is 7.47. The van der Waals surface area contributed by atoms with Crippen LogP contribution in [0.5, 0.6) is 11.5 Å². The number of benzene rings is 2. The lowest BCUT2D eigenvalue weighted by atomic mass is 10.0. The molecule has 0 saturated heterocycles. The standard InChI is InChI=1S/C19H20O4/c1-3-11-23-18-10-5-4-7-15(18)13-17(19(20)21)14-8-6-9-16(12-14)22-2/h4-10,12-13H,3,11H2,1-2H3,(H,20,21)/b17-13-. The number of carboxylic acid groups (broad SMARTS) is 1. The van der Waals surface area contributed by atoms with Gasteiger partial charge in [0.05, 0.1) is 19.3 Å². The van der Waals surface area contributed by atoms with Crippen LogP contribution in [0, 0.1) is 0 Å². The maximum atomic E-state index is 11.7. The fourth-order valence-electron chi connectivity index (χ4n) is 2.16. The van der Waals surface area contributed by atoms with Gasteiger partial charge in [-0.1, -0.05) is 37.3 Å². The summed E-state index contributed by atoms with van der Waals surface area (Å²) in [7, 11) is 1.55. The third-order valence-electron chi connectivity index (χ3n) is 3.29. The van der Waals surface area contributed by atoms with Crippen LogP contribution in [0.3, 0.4) is 0 Å². The fraction of sp³-hybridized carbons (Fsp3) is 0.211. The lowest BCUT2D eigenvalue weighted by Crippen LogP contribution is -2.01. The number of aliphatic carboxylic acids is 1. The Morgan fingerprint density at radius 1 is 1.17 bits per heavy atom. The molecule has 2 aromatic carbocycles. The average Bonchev–Trinajstić information content (AvgIpc) is 2.58. The molecule has 23 heavy (non-hydrogen) atoms. The molecule has 0 aliphatic carbocycles. The molecule has 0 spiro atoms. The molecule has 2 rings (SSSR count). The Hall–Kier alpha value is -2.75. The van der Waals surface area contributed by atoms with Crippen molar-refractivity contribution in [2.45, 2.75) is 13.3 Å². The van der Waals surface area contributed by atoms with Gasteiger partial charge in [0.1, 0.15) is 11.5 Å². The van der Waals surface area contributed by atoms with Crippen LogP contribution in [0.2, 0.25) is 0 Å². The summed E-state index contributed by atoms with van der Waals surface area (Å²) >= 11 is 0. The van der Waals surface area contributed by atoms with Crippen LogP contribution in [0.25, 0.3) is 11.6 Å². The van der Waals surface area contributed by atoms with Crippen molar-refractivity contribution < 1.29 is 19.4 Å². The van der Waals surface area contributed by atoms with Crippen LogP contribution in [0.4, 0.5) is 0 Å². The zero-order chi connectivity index (χ0) is 16.7. The number of rotatable bonds is 7. The molecular weight excluding hydrogens is 292 g/mol. The highest BCUT2D eigenvalue weighted by molar-refractivity contribution is 6.20. The molecule has 0 saturated carbocycles. The molecule has 0 aliphatic rings. The summed E-state index contributed by atoms with van der Waals surface area (Å²) in [6.45, 7) is 2.61. The van der Waals surface area contributed by atoms with Crippen LogP contribution in [-0.4, -0.2) is 24.8 Å². The SMILES string of the molecule is CCCOc1ccccc1/C=C(\C(=O)O)c1cccc(OC)c1. The largest absolute Gasteiger partial charge is 0.497 e. The minimum absolute atomic E-state index is 0.191. The van der Waals surface area contributed by atoms with Crippen molar-refractivity contribution in [3.05, 3.63) is 59.7 Å². The maximum absolute atomic E-state index is 11.7. The van der Waals surface area contributed by atoms with Crippen LogP contribution >= 0.6 is 0 Å². The molecule has 4 nitrogen and oxygen atoms in total. The summed E-state index contributed by atoms with van der Waals surface area (Å²) in [5.74, 6) is 0.296. The summed E-state index contributed by atoms with van der Waals surface area (Å²) in [6, 6.07) is 14.4. The number of carbonyl (C=O) groups is 1. The Kier molecular flexibility index (Phi) is 5.80. The minimum atomic E-state index is -0.997. The second-order valence-corrected chi connectivity index (χ2v) is 4.98. The first kappa shape index (κ1) is 16.6. The highest BCUT2D eigenvalue weighted by atomic mass is 16.5. The van der Waals surface area contributed by atoms with Crippen molar-refractivity contribution in [2.75, 3.05) is 13.7 Å². The van der Waals surface area contributed by atoms with Crippen molar-refractivity contribution in [2.24, 2.45) is 0 Å². The van der Waals surface area contributed by atoms with E-state index in [2.05, 4.69) is 0 Å². The Bertz CT molecular complexity index is 704. The third kappa shape index (κ3) is 4.36. The first-order valence-corrected chi connectivity index (χ1v) is 7.47. The smallest absolute Gasteiger partial charge is 0.336 e. The first-order chi connectivity index (χ1) is 11.2. The van der Waals surface area contributed by atoms with Crippen LogP contribution in [0.1, 0.15) is 24.5 Å².